The molecule has 0 aliphatic rings. The molecule has 0 bridgehead atoms. The first-order valence-corrected chi connectivity index (χ1v) is 10.9. The molecule has 0 spiro atoms. The molecule has 8 nitrogen and oxygen atoms in total. The van der Waals surface area contributed by atoms with Gasteiger partial charge >= 0.3 is 0 Å². The Morgan fingerprint density at radius 2 is 1.93 bits per heavy atom. The number of ether oxygens (including phenoxy) is 1. The van der Waals surface area contributed by atoms with Crippen molar-refractivity contribution < 1.29 is 17.9 Å². The summed E-state index contributed by atoms with van der Waals surface area (Å²) >= 11 is 0. The number of sulfonamides is 1. The first-order valence-electron chi connectivity index (χ1n) is 9.46. The Morgan fingerprint density at radius 3 is 2.60 bits per heavy atom. The van der Waals surface area contributed by atoms with E-state index in [9.17, 15) is 13.2 Å². The fraction of sp³-hybridized carbons (Fsp3) is 0.333. The van der Waals surface area contributed by atoms with E-state index in [1.807, 2.05) is 36.7 Å². The van der Waals surface area contributed by atoms with Crippen LogP contribution in [0.5, 0.6) is 5.75 Å². The van der Waals surface area contributed by atoms with Crippen LogP contribution in [0.15, 0.2) is 41.3 Å². The number of aromatic nitrogens is 2. The van der Waals surface area contributed by atoms with E-state index in [-0.39, 0.29) is 17.2 Å². The maximum absolute atomic E-state index is 12.5. The quantitative estimate of drug-likeness (QED) is 0.622. The predicted molar refractivity (Wildman–Crippen MR) is 116 cm³/mol. The van der Waals surface area contributed by atoms with Gasteiger partial charge in [0.05, 0.1) is 28.7 Å². The van der Waals surface area contributed by atoms with Gasteiger partial charge in [-0.15, -0.1) is 0 Å². The number of benzene rings is 2. The SMILES string of the molecule is COc1ccc(C)cc1NC(=O)CCc1nc2cc(S(=O)(=O)N(C)C)ccc2n1C. The van der Waals surface area contributed by atoms with Crippen LogP contribution < -0.4 is 10.1 Å². The van der Waals surface area contributed by atoms with Crippen LogP contribution in [0.25, 0.3) is 11.0 Å². The van der Waals surface area contributed by atoms with E-state index in [1.54, 1.807) is 25.3 Å². The zero-order chi connectivity index (χ0) is 22.1. The normalized spacial score (nSPS) is 11.8. The minimum Gasteiger partial charge on any atom is -0.495 e. The van der Waals surface area contributed by atoms with Crippen molar-refractivity contribution in [1.29, 1.82) is 0 Å². The first-order chi connectivity index (χ1) is 14.1. The van der Waals surface area contributed by atoms with Crippen molar-refractivity contribution in [2.75, 3.05) is 26.5 Å². The summed E-state index contributed by atoms with van der Waals surface area (Å²) in [6, 6.07) is 10.5. The molecule has 0 fully saturated rings. The second-order valence-electron chi connectivity index (χ2n) is 7.28. The van der Waals surface area contributed by atoms with Gasteiger partial charge in [-0.3, -0.25) is 4.79 Å². The average Bonchev–Trinajstić information content (AvgIpc) is 3.01. The molecule has 3 aromatic rings. The maximum atomic E-state index is 12.5. The van der Waals surface area contributed by atoms with E-state index < -0.39 is 10.0 Å². The largest absolute Gasteiger partial charge is 0.495 e. The number of hydrogen-bond donors (Lipinski definition) is 1. The summed E-state index contributed by atoms with van der Waals surface area (Å²) in [6.07, 6.45) is 0.651. The summed E-state index contributed by atoms with van der Waals surface area (Å²) in [5.41, 5.74) is 3.04. The van der Waals surface area contributed by atoms with Gasteiger partial charge in [0, 0.05) is 34.0 Å². The predicted octanol–water partition coefficient (Wildman–Crippen LogP) is 2.71. The summed E-state index contributed by atoms with van der Waals surface area (Å²) < 4.78 is 33.1. The fourth-order valence-electron chi connectivity index (χ4n) is 3.18. The van der Waals surface area contributed by atoms with E-state index in [1.165, 1.54) is 18.4 Å². The van der Waals surface area contributed by atoms with Crippen LogP contribution in [0.2, 0.25) is 0 Å². The number of aryl methyl sites for hydroxylation is 3. The van der Waals surface area contributed by atoms with Gasteiger partial charge in [-0.1, -0.05) is 6.07 Å². The van der Waals surface area contributed by atoms with Crippen molar-refractivity contribution in [3.05, 3.63) is 47.8 Å². The molecule has 0 saturated carbocycles. The van der Waals surface area contributed by atoms with E-state index >= 15 is 0 Å². The molecule has 0 unspecified atom stereocenters. The molecule has 1 N–H and O–H groups in total. The number of anilines is 1. The van der Waals surface area contributed by atoms with Gasteiger partial charge in [0.2, 0.25) is 15.9 Å². The Balaban J connectivity index is 1.77. The summed E-state index contributed by atoms with van der Waals surface area (Å²) in [4.78, 5) is 17.2. The number of amides is 1. The van der Waals surface area contributed by atoms with Crippen molar-refractivity contribution in [1.82, 2.24) is 13.9 Å². The first kappa shape index (κ1) is 21.8. The summed E-state index contributed by atoms with van der Waals surface area (Å²) in [7, 11) is 2.86. The van der Waals surface area contributed by atoms with E-state index in [2.05, 4.69) is 10.3 Å². The Bertz CT molecular complexity index is 1200. The van der Waals surface area contributed by atoms with E-state index in [0.29, 0.717) is 29.2 Å². The van der Waals surface area contributed by atoms with Gasteiger partial charge in [0.25, 0.3) is 0 Å². The molecule has 0 atom stereocenters. The van der Waals surface area contributed by atoms with Gasteiger partial charge < -0.3 is 14.6 Å². The van der Waals surface area contributed by atoms with Gasteiger partial charge in [-0.2, -0.15) is 0 Å². The Morgan fingerprint density at radius 1 is 1.20 bits per heavy atom. The minimum absolute atomic E-state index is 0.151. The molecule has 1 heterocycles. The lowest BCUT2D eigenvalue weighted by Crippen LogP contribution is -2.22. The van der Waals surface area contributed by atoms with Crippen LogP contribution in [0.4, 0.5) is 5.69 Å². The van der Waals surface area contributed by atoms with Crippen molar-refractivity contribution in [2.24, 2.45) is 7.05 Å². The maximum Gasteiger partial charge on any atom is 0.242 e. The summed E-state index contributed by atoms with van der Waals surface area (Å²) in [6.45, 7) is 1.94. The molecular formula is C21H26N4O4S. The van der Waals surface area contributed by atoms with Crippen LogP contribution in [0.3, 0.4) is 0 Å². The molecule has 0 saturated heterocycles. The smallest absolute Gasteiger partial charge is 0.242 e. The van der Waals surface area contributed by atoms with Crippen LogP contribution >= 0.6 is 0 Å². The zero-order valence-corrected chi connectivity index (χ0v) is 18.6. The lowest BCUT2D eigenvalue weighted by atomic mass is 10.2. The molecule has 9 heteroatoms. The molecule has 30 heavy (non-hydrogen) atoms. The highest BCUT2D eigenvalue weighted by Crippen LogP contribution is 2.26. The number of hydrogen-bond acceptors (Lipinski definition) is 5. The number of carbonyl (C=O) groups is 1. The second-order valence-corrected chi connectivity index (χ2v) is 9.43. The second kappa shape index (κ2) is 8.45. The van der Waals surface area contributed by atoms with Crippen LogP contribution in [-0.2, 0) is 28.3 Å². The monoisotopic (exact) mass is 430 g/mol. The number of rotatable bonds is 7. The third-order valence-electron chi connectivity index (χ3n) is 4.93. The number of carbonyl (C=O) groups excluding carboxylic acids is 1. The Kier molecular flexibility index (Phi) is 6.14. The van der Waals surface area contributed by atoms with Crippen molar-refractivity contribution >= 4 is 32.7 Å². The van der Waals surface area contributed by atoms with Gasteiger partial charge in [-0.25, -0.2) is 17.7 Å². The van der Waals surface area contributed by atoms with Crippen molar-refractivity contribution in [2.45, 2.75) is 24.7 Å². The molecule has 2 aromatic carbocycles. The minimum atomic E-state index is -3.53. The highest BCUT2D eigenvalue weighted by atomic mass is 32.2. The molecule has 1 aromatic heterocycles. The number of nitrogens with one attached hydrogen (secondary N) is 1. The number of imidazole rings is 1. The van der Waals surface area contributed by atoms with E-state index in [0.717, 1.165) is 11.1 Å². The molecule has 0 radical (unpaired) electrons. The third kappa shape index (κ3) is 4.31. The third-order valence-corrected chi connectivity index (χ3v) is 6.74. The molecule has 1 amide bonds. The number of nitrogens with zero attached hydrogens (tertiary/aromatic N) is 3. The van der Waals surface area contributed by atoms with Crippen LogP contribution in [0, 0.1) is 6.92 Å². The van der Waals surface area contributed by atoms with Gasteiger partial charge in [-0.05, 0) is 42.8 Å². The highest BCUT2D eigenvalue weighted by molar-refractivity contribution is 7.89. The van der Waals surface area contributed by atoms with Crippen LogP contribution in [-0.4, -0.2) is 49.4 Å². The number of methoxy groups -OCH3 is 1. The van der Waals surface area contributed by atoms with Gasteiger partial charge in [0.1, 0.15) is 11.6 Å². The zero-order valence-electron chi connectivity index (χ0n) is 17.8. The molecule has 0 aliphatic carbocycles. The molecule has 160 valence electrons. The van der Waals surface area contributed by atoms with Crippen LogP contribution in [0.1, 0.15) is 17.8 Å². The summed E-state index contributed by atoms with van der Waals surface area (Å²) in [5, 5.41) is 2.88. The summed E-state index contributed by atoms with van der Waals surface area (Å²) in [5.74, 6) is 1.16. The van der Waals surface area contributed by atoms with Crippen molar-refractivity contribution in [3.8, 4) is 5.75 Å². The lowest BCUT2D eigenvalue weighted by Gasteiger charge is -2.11. The molecule has 3 rings (SSSR count). The fourth-order valence-corrected chi connectivity index (χ4v) is 4.10. The van der Waals surface area contributed by atoms with Gasteiger partial charge in [0.15, 0.2) is 0 Å². The number of fused-ring (bicyclic) bond motifs is 1. The highest BCUT2D eigenvalue weighted by Gasteiger charge is 2.19. The lowest BCUT2D eigenvalue weighted by molar-refractivity contribution is -0.116. The Hall–Kier alpha value is -2.91. The molecular weight excluding hydrogens is 404 g/mol. The Labute approximate surface area is 176 Å². The van der Waals surface area contributed by atoms with E-state index in [4.69, 9.17) is 4.74 Å². The molecule has 0 aliphatic heterocycles. The topological polar surface area (TPSA) is 93.5 Å². The average molecular weight is 431 g/mol. The standard InChI is InChI=1S/C21H26N4O4S/c1-14-6-9-19(29-5)17(12-14)23-21(26)11-10-20-22-16-13-15(30(27,28)24(2)3)7-8-18(16)25(20)4/h6-9,12-13H,10-11H2,1-5H3,(H,23,26). The van der Waals surface area contributed by atoms with Crippen molar-refractivity contribution in [3.63, 3.8) is 0 Å².